The normalized spacial score (nSPS) is 11.5. The summed E-state index contributed by atoms with van der Waals surface area (Å²) in [6.07, 6.45) is 0. The number of rotatable bonds is 17. The first kappa shape index (κ1) is 89.1. The Kier molecular flexibility index (Phi) is 23.1. The van der Waals surface area contributed by atoms with Crippen molar-refractivity contribution >= 4 is 162 Å². The molecule has 29 aromatic rings. The zero-order valence-electron chi connectivity index (χ0n) is 79.6. The van der Waals surface area contributed by atoms with Gasteiger partial charge in [-0.15, -0.1) is 68.0 Å². The molecule has 0 bridgehead atoms. The predicted molar refractivity (Wildman–Crippen MR) is 626 cm³/mol. The number of imidazole rings is 2. The summed E-state index contributed by atoms with van der Waals surface area (Å²) in [6.45, 7) is 0. The Morgan fingerprint density at radius 3 is 0.858 bits per heavy atom. The van der Waals surface area contributed by atoms with Crippen molar-refractivity contribution in [3.8, 4) is 176 Å². The van der Waals surface area contributed by atoms with Crippen molar-refractivity contribution in [3.63, 3.8) is 0 Å². The summed E-state index contributed by atoms with van der Waals surface area (Å²) < 4.78 is 14.1. The van der Waals surface area contributed by atoms with Crippen molar-refractivity contribution in [2.75, 3.05) is 0 Å². The van der Waals surface area contributed by atoms with E-state index in [1.807, 2.05) is 30.3 Å². The van der Waals surface area contributed by atoms with Crippen molar-refractivity contribution in [2.45, 2.75) is 0 Å². The molecule has 29 rings (SSSR count). The fourth-order valence-electron chi connectivity index (χ4n) is 20.1. The highest BCUT2D eigenvalue weighted by Crippen LogP contribution is 2.48. The molecule has 9 heterocycles. The molecule has 9 aromatic heterocycles. The first-order valence-electron chi connectivity index (χ1n) is 49.0. The fraction of sp³-hybridized carbons (Fsp3) is 0.00763. The number of fused-ring (bicyclic) bond motifs is 9. The SMILES string of the molecule is Cn1c(-c2ccccc2)cc2c(-c3cccc(-c4nc5ccccc5s4)c3)ccc(-c3cccc(-c4nc5ccccc5s4)c3)c21.c1cc(-c2ccc(-c3nc4ccccc4n3-c3ccc(-c4cccc(-c5nc6ccccc6s5)c4)cc3)cc2)cc(-c2nc3ccccc3s2)c1.c1ccc(-c2nc3c(-c4cccc(-c5nc6ccccc6s5)c4)ccc(-c4cccc(-c5nc6ccccc6s5)c4)c3n2-c2ccccc2)cc1. The second-order valence-corrected chi connectivity index (χ2v) is 42.7. The minimum atomic E-state index is 0.898. The van der Waals surface area contributed by atoms with Gasteiger partial charge in [0, 0.05) is 90.7 Å². The van der Waals surface area contributed by atoms with Gasteiger partial charge in [-0.3, -0.25) is 9.13 Å². The second kappa shape index (κ2) is 38.4. The molecule has 0 saturated heterocycles. The molecule has 11 nitrogen and oxygen atoms in total. The first-order chi connectivity index (χ1) is 73.2. The highest BCUT2D eigenvalue weighted by molar-refractivity contribution is 7.23. The van der Waals surface area contributed by atoms with Crippen molar-refractivity contribution in [2.24, 2.45) is 7.05 Å². The largest absolute Gasteiger partial charge is 0.343 e. The summed E-state index contributed by atoms with van der Waals surface area (Å²) in [6, 6.07) is 171. The Hall–Kier alpha value is -17.8. The van der Waals surface area contributed by atoms with Crippen LogP contribution in [0.2, 0.25) is 0 Å². The van der Waals surface area contributed by atoms with E-state index in [4.69, 9.17) is 39.9 Å². The molecule has 20 aromatic carbocycles. The third-order valence-electron chi connectivity index (χ3n) is 27.3. The van der Waals surface area contributed by atoms with Gasteiger partial charge in [-0.2, -0.15) is 0 Å². The number of nitrogens with zero attached hydrogens (tertiary/aromatic N) is 11. The van der Waals surface area contributed by atoms with Crippen molar-refractivity contribution in [1.82, 2.24) is 53.6 Å². The Morgan fingerprint density at radius 1 is 0.176 bits per heavy atom. The van der Waals surface area contributed by atoms with Gasteiger partial charge in [0.05, 0.1) is 88.9 Å². The number of thiazole rings is 6. The molecule has 0 aliphatic carbocycles. The highest BCUT2D eigenvalue weighted by Gasteiger charge is 2.26. The van der Waals surface area contributed by atoms with E-state index in [1.54, 1.807) is 68.0 Å². The quantitative estimate of drug-likeness (QED) is 0.0885. The molecule has 698 valence electrons. The Bertz CT molecular complexity index is 9900. The van der Waals surface area contributed by atoms with Crippen molar-refractivity contribution < 1.29 is 0 Å². The molecule has 0 saturated carbocycles. The topological polar surface area (TPSA) is 118 Å². The van der Waals surface area contributed by atoms with E-state index in [1.165, 1.54) is 72.6 Å². The molecule has 0 atom stereocenters. The average Bonchev–Trinajstić information content (AvgIpc) is 1.58. The third kappa shape index (κ3) is 17.0. The smallest absolute Gasteiger partial charge is 0.145 e. The molecular weight excluding hydrogens is 1920 g/mol. The number of hydrogen-bond acceptors (Lipinski definition) is 14. The molecule has 0 unspecified atom stereocenters. The summed E-state index contributed by atoms with van der Waals surface area (Å²) in [5, 5.41) is 7.41. The molecule has 0 N–H and O–H groups in total. The van der Waals surface area contributed by atoms with Crippen LogP contribution in [0.1, 0.15) is 0 Å². The van der Waals surface area contributed by atoms with Gasteiger partial charge in [0.25, 0.3) is 0 Å². The molecular formula is C131H83N11S6. The molecule has 0 aliphatic rings. The average molecular weight is 2000 g/mol. The Labute approximate surface area is 876 Å². The van der Waals surface area contributed by atoms with E-state index in [0.29, 0.717) is 0 Å². The molecule has 148 heavy (non-hydrogen) atoms. The third-order valence-corrected chi connectivity index (χ3v) is 33.8. The Morgan fingerprint density at radius 2 is 0.453 bits per heavy atom. The standard InChI is InChI=1S/2C45H28N4S2.C41H27N3S2/c1-4-16-40-37(13-1)46-43(31-21-19-29(20-22-31)32-9-7-11-34(27-32)44-47-38-14-2-5-17-41(38)50-44)49(40)36-25-23-30(24-26-36)33-10-8-12-35(28-33)45-48-39-15-3-6-18-42(39)51-45;1-3-13-29(14-4-1)43-48-41-35(30-15-11-17-32(27-30)44-46-37-21-7-9-23-39(37)50-44)25-26-36(42(41)49(43)34-19-5-2-6-20-34)31-16-12-18-33(28-31)45-47-38-22-8-10-24-40(38)51-45;1-44-36(26-11-3-2-4-12-26)25-33-31(27-13-9-15-29(23-27)40-42-34-17-5-7-19-37(34)45-40)21-22-32(39(33)44)28-14-10-16-30(24-28)41-43-35-18-6-8-20-38(35)46-41/h2*1-28H;2-25H,1H3. The zero-order valence-corrected chi connectivity index (χ0v) is 84.5. The molecule has 0 spiro atoms. The molecule has 17 heteroatoms. The van der Waals surface area contributed by atoms with Crippen LogP contribution in [0, 0.1) is 0 Å². The minimum Gasteiger partial charge on any atom is -0.343 e. The maximum absolute atomic E-state index is 5.51. The molecule has 0 fully saturated rings. The van der Waals surface area contributed by atoms with Gasteiger partial charge in [-0.25, -0.2) is 39.9 Å². The van der Waals surface area contributed by atoms with Crippen molar-refractivity contribution in [1.29, 1.82) is 0 Å². The van der Waals surface area contributed by atoms with Gasteiger partial charge in [0.1, 0.15) is 41.7 Å². The van der Waals surface area contributed by atoms with Crippen LogP contribution in [-0.2, 0) is 7.05 Å². The minimum absolute atomic E-state index is 0.898. The van der Waals surface area contributed by atoms with Crippen LogP contribution >= 0.6 is 68.0 Å². The first-order valence-corrected chi connectivity index (χ1v) is 53.9. The van der Waals surface area contributed by atoms with Gasteiger partial charge in [0.15, 0.2) is 0 Å². The summed E-state index contributed by atoms with van der Waals surface area (Å²) in [5.74, 6) is 1.81. The predicted octanol–water partition coefficient (Wildman–Crippen LogP) is 36.9. The van der Waals surface area contributed by atoms with E-state index in [2.05, 4.69) is 476 Å². The maximum Gasteiger partial charge on any atom is 0.145 e. The van der Waals surface area contributed by atoms with E-state index in [0.717, 1.165) is 197 Å². The monoisotopic (exact) mass is 2000 g/mol. The molecule has 0 aliphatic heterocycles. The van der Waals surface area contributed by atoms with Crippen LogP contribution in [0.3, 0.4) is 0 Å². The second-order valence-electron chi connectivity index (χ2n) is 36.5. The number of aryl methyl sites for hydroxylation is 1. The lowest BCUT2D eigenvalue weighted by molar-refractivity contribution is 0.979. The molecule has 0 amide bonds. The number of benzene rings is 20. The van der Waals surface area contributed by atoms with Crippen LogP contribution < -0.4 is 0 Å². The summed E-state index contributed by atoms with van der Waals surface area (Å²) >= 11 is 10.4. The fourth-order valence-corrected chi connectivity index (χ4v) is 25.9. The number of para-hydroxylation sites is 9. The van der Waals surface area contributed by atoms with Crippen LogP contribution in [-0.4, -0.2) is 53.6 Å². The lowest BCUT2D eigenvalue weighted by atomic mass is 9.94. The summed E-state index contributed by atoms with van der Waals surface area (Å²) in [5.41, 5.74) is 38.7. The highest BCUT2D eigenvalue weighted by atomic mass is 32.1. The van der Waals surface area contributed by atoms with Crippen LogP contribution in [0.25, 0.3) is 270 Å². The zero-order chi connectivity index (χ0) is 98.1. The molecule has 0 radical (unpaired) electrons. The summed E-state index contributed by atoms with van der Waals surface area (Å²) in [7, 11) is 2.19. The van der Waals surface area contributed by atoms with Crippen molar-refractivity contribution in [3.05, 3.63) is 485 Å². The maximum atomic E-state index is 5.51. The van der Waals surface area contributed by atoms with Gasteiger partial charge < -0.3 is 4.57 Å². The summed E-state index contributed by atoms with van der Waals surface area (Å²) in [4.78, 5) is 40.3. The van der Waals surface area contributed by atoms with Crippen LogP contribution in [0.4, 0.5) is 0 Å². The number of hydrogen-bond donors (Lipinski definition) is 0. The van der Waals surface area contributed by atoms with Gasteiger partial charge in [0.2, 0.25) is 0 Å². The number of aromatic nitrogens is 11. The Balaban J connectivity index is 0.000000110. The lowest BCUT2D eigenvalue weighted by Crippen LogP contribution is -1.98. The van der Waals surface area contributed by atoms with Gasteiger partial charge >= 0.3 is 0 Å². The van der Waals surface area contributed by atoms with E-state index >= 15 is 0 Å². The van der Waals surface area contributed by atoms with Gasteiger partial charge in [-0.1, -0.05) is 334 Å². The van der Waals surface area contributed by atoms with E-state index in [-0.39, 0.29) is 0 Å². The van der Waals surface area contributed by atoms with E-state index in [9.17, 15) is 0 Å². The van der Waals surface area contributed by atoms with E-state index < -0.39 is 0 Å². The lowest BCUT2D eigenvalue weighted by Gasteiger charge is -2.14. The van der Waals surface area contributed by atoms with Crippen LogP contribution in [0.5, 0.6) is 0 Å². The van der Waals surface area contributed by atoms with Crippen LogP contribution in [0.15, 0.2) is 485 Å². The van der Waals surface area contributed by atoms with Gasteiger partial charge in [-0.05, 0) is 207 Å².